The van der Waals surface area contributed by atoms with Gasteiger partial charge in [-0.3, -0.25) is 4.79 Å². The Balaban J connectivity index is 2.26. The van der Waals surface area contributed by atoms with Crippen molar-refractivity contribution in [2.45, 2.75) is 13.0 Å². The molecule has 0 aliphatic heterocycles. The topological polar surface area (TPSA) is 64.2 Å². The first-order valence-electron chi connectivity index (χ1n) is 6.03. The number of hydrogen-bond donors (Lipinski definition) is 1. The molecule has 0 spiro atoms. The molecule has 0 fully saturated rings. The molecule has 0 atom stereocenters. The van der Waals surface area contributed by atoms with Crippen LogP contribution in [0.15, 0.2) is 33.5 Å². The fourth-order valence-corrected chi connectivity index (χ4v) is 2.11. The summed E-state index contributed by atoms with van der Waals surface area (Å²) in [5.74, 6) is 1.40. The molecule has 0 radical (unpaired) electrons. The third-order valence-corrected chi connectivity index (χ3v) is 3.61. The van der Waals surface area contributed by atoms with Crippen molar-refractivity contribution in [3.05, 3.63) is 56.2 Å². The highest BCUT2D eigenvalue weighted by Gasteiger charge is 2.09. The van der Waals surface area contributed by atoms with Gasteiger partial charge in [-0.15, -0.1) is 0 Å². The van der Waals surface area contributed by atoms with Gasteiger partial charge in [0.1, 0.15) is 16.0 Å². The van der Waals surface area contributed by atoms with Crippen LogP contribution in [0.4, 0.5) is 0 Å². The zero-order valence-electron chi connectivity index (χ0n) is 11.3. The van der Waals surface area contributed by atoms with E-state index in [1.807, 2.05) is 24.3 Å². The number of aromatic nitrogens is 2. The third-order valence-electron chi connectivity index (χ3n) is 2.79. The molecule has 0 saturated heterocycles. The summed E-state index contributed by atoms with van der Waals surface area (Å²) in [6.45, 7) is 0.292. The molecule has 1 aromatic heterocycles. The van der Waals surface area contributed by atoms with E-state index < -0.39 is 0 Å². The zero-order chi connectivity index (χ0) is 14.5. The van der Waals surface area contributed by atoms with Crippen molar-refractivity contribution >= 4 is 15.9 Å². The average molecular weight is 339 g/mol. The Morgan fingerprint density at radius 2 is 1.95 bits per heavy atom. The van der Waals surface area contributed by atoms with Crippen molar-refractivity contribution < 1.29 is 9.47 Å². The van der Waals surface area contributed by atoms with Crippen molar-refractivity contribution in [1.29, 1.82) is 0 Å². The Kier molecular flexibility index (Phi) is 4.92. The molecule has 0 amide bonds. The number of H-pyrrole nitrogens is 1. The van der Waals surface area contributed by atoms with Gasteiger partial charge in [-0.1, -0.05) is 12.1 Å². The third kappa shape index (κ3) is 3.46. The summed E-state index contributed by atoms with van der Waals surface area (Å²) < 4.78 is 10.6. The number of ether oxygens (including phenoxy) is 2. The molecule has 0 unspecified atom stereocenters. The summed E-state index contributed by atoms with van der Waals surface area (Å²) in [6, 6.07) is 7.64. The van der Waals surface area contributed by atoms with Crippen molar-refractivity contribution in [3.8, 4) is 5.75 Å². The molecule has 1 N–H and O–H groups in total. The highest BCUT2D eigenvalue weighted by atomic mass is 79.9. The van der Waals surface area contributed by atoms with E-state index in [9.17, 15) is 4.79 Å². The molecule has 1 aromatic carbocycles. The van der Waals surface area contributed by atoms with Crippen LogP contribution in [0.25, 0.3) is 0 Å². The van der Waals surface area contributed by atoms with Crippen LogP contribution < -0.4 is 10.3 Å². The second kappa shape index (κ2) is 6.67. The maximum atomic E-state index is 11.8. The van der Waals surface area contributed by atoms with Crippen LogP contribution in [-0.2, 0) is 17.8 Å². The molecule has 2 aromatic rings. The van der Waals surface area contributed by atoms with Crippen LogP contribution >= 0.6 is 15.9 Å². The lowest BCUT2D eigenvalue weighted by Gasteiger charge is -2.07. The first-order chi connectivity index (χ1) is 9.63. The maximum Gasteiger partial charge on any atom is 0.265 e. The van der Waals surface area contributed by atoms with Crippen LogP contribution in [0.2, 0.25) is 0 Å². The van der Waals surface area contributed by atoms with Gasteiger partial charge in [0.15, 0.2) is 0 Å². The maximum absolute atomic E-state index is 11.8. The largest absolute Gasteiger partial charge is 0.497 e. The van der Waals surface area contributed by atoms with Gasteiger partial charge in [0.2, 0.25) is 0 Å². The summed E-state index contributed by atoms with van der Waals surface area (Å²) in [4.78, 5) is 19.0. The Hall–Kier alpha value is -1.66. The van der Waals surface area contributed by atoms with Crippen LogP contribution in [0, 0.1) is 0 Å². The van der Waals surface area contributed by atoms with Gasteiger partial charge in [0.25, 0.3) is 5.56 Å². The molecular weight excluding hydrogens is 324 g/mol. The minimum atomic E-state index is -0.199. The Labute approximate surface area is 125 Å². The minimum Gasteiger partial charge on any atom is -0.497 e. The number of rotatable bonds is 5. The van der Waals surface area contributed by atoms with E-state index in [4.69, 9.17) is 9.47 Å². The highest BCUT2D eigenvalue weighted by Crippen LogP contribution is 2.15. The van der Waals surface area contributed by atoms with E-state index in [1.54, 1.807) is 14.2 Å². The molecule has 0 aliphatic rings. The number of aromatic amines is 1. The monoisotopic (exact) mass is 338 g/mol. The van der Waals surface area contributed by atoms with Gasteiger partial charge in [-0.05, 0) is 33.6 Å². The first-order valence-corrected chi connectivity index (χ1v) is 6.82. The van der Waals surface area contributed by atoms with E-state index in [1.165, 1.54) is 0 Å². The van der Waals surface area contributed by atoms with Crippen molar-refractivity contribution in [3.63, 3.8) is 0 Å². The van der Waals surface area contributed by atoms with E-state index in [0.29, 0.717) is 29.0 Å². The lowest BCUT2D eigenvalue weighted by Crippen LogP contribution is -2.16. The van der Waals surface area contributed by atoms with Crippen molar-refractivity contribution in [2.24, 2.45) is 0 Å². The molecule has 20 heavy (non-hydrogen) atoms. The van der Waals surface area contributed by atoms with E-state index >= 15 is 0 Å². The number of halogens is 1. The van der Waals surface area contributed by atoms with Crippen LogP contribution in [0.3, 0.4) is 0 Å². The fourth-order valence-electron chi connectivity index (χ4n) is 1.81. The normalized spacial score (nSPS) is 10.6. The van der Waals surface area contributed by atoms with Gasteiger partial charge in [0, 0.05) is 13.5 Å². The number of benzene rings is 1. The summed E-state index contributed by atoms with van der Waals surface area (Å²) >= 11 is 3.22. The highest BCUT2D eigenvalue weighted by molar-refractivity contribution is 9.10. The number of nitrogens with zero attached hydrogens (tertiary/aromatic N) is 1. The van der Waals surface area contributed by atoms with E-state index in [-0.39, 0.29) is 5.56 Å². The van der Waals surface area contributed by atoms with Crippen molar-refractivity contribution in [1.82, 2.24) is 9.97 Å². The lowest BCUT2D eigenvalue weighted by molar-refractivity contribution is 0.180. The minimum absolute atomic E-state index is 0.199. The van der Waals surface area contributed by atoms with Crippen LogP contribution in [-0.4, -0.2) is 24.2 Å². The van der Waals surface area contributed by atoms with E-state index in [2.05, 4.69) is 25.9 Å². The standard InChI is InChI=1S/C14H15BrN2O3/c1-19-8-11-13(15)14(18)17-12(16-11)7-9-3-5-10(20-2)6-4-9/h3-6H,7-8H2,1-2H3,(H,16,17,18). The Morgan fingerprint density at radius 1 is 1.25 bits per heavy atom. The SMILES string of the molecule is COCc1nc(Cc2ccc(OC)cc2)[nH]c(=O)c1Br. The first kappa shape index (κ1) is 14.7. The predicted molar refractivity (Wildman–Crippen MR) is 79.1 cm³/mol. The molecule has 1 heterocycles. The van der Waals surface area contributed by atoms with Gasteiger partial charge in [0.05, 0.1) is 19.4 Å². The summed E-state index contributed by atoms with van der Waals surface area (Å²) in [6.07, 6.45) is 0.545. The van der Waals surface area contributed by atoms with Gasteiger partial charge in [-0.2, -0.15) is 0 Å². The smallest absolute Gasteiger partial charge is 0.265 e. The lowest BCUT2D eigenvalue weighted by atomic mass is 10.1. The van der Waals surface area contributed by atoms with Gasteiger partial charge < -0.3 is 14.5 Å². The second-order valence-corrected chi connectivity index (χ2v) is 5.02. The molecule has 6 heteroatoms. The van der Waals surface area contributed by atoms with Crippen LogP contribution in [0.1, 0.15) is 17.1 Å². The fraction of sp³-hybridized carbons (Fsp3) is 0.286. The molecule has 0 saturated carbocycles. The molecule has 2 rings (SSSR count). The van der Waals surface area contributed by atoms with E-state index in [0.717, 1.165) is 11.3 Å². The molecular formula is C14H15BrN2O3. The quantitative estimate of drug-likeness (QED) is 0.908. The average Bonchev–Trinajstić information content (AvgIpc) is 2.45. The molecule has 106 valence electrons. The zero-order valence-corrected chi connectivity index (χ0v) is 12.9. The predicted octanol–water partition coefficient (Wildman–Crippen LogP) is 2.28. The summed E-state index contributed by atoms with van der Waals surface area (Å²) in [5, 5.41) is 0. The summed E-state index contributed by atoms with van der Waals surface area (Å²) in [7, 11) is 3.19. The second-order valence-electron chi connectivity index (χ2n) is 4.23. The molecule has 0 aliphatic carbocycles. The number of methoxy groups -OCH3 is 2. The number of nitrogens with one attached hydrogen (secondary N) is 1. The molecule has 0 bridgehead atoms. The van der Waals surface area contributed by atoms with Gasteiger partial charge in [-0.25, -0.2) is 4.98 Å². The van der Waals surface area contributed by atoms with Crippen LogP contribution in [0.5, 0.6) is 5.75 Å². The summed E-state index contributed by atoms with van der Waals surface area (Å²) in [5.41, 5.74) is 1.44. The Morgan fingerprint density at radius 3 is 2.55 bits per heavy atom. The van der Waals surface area contributed by atoms with Gasteiger partial charge >= 0.3 is 0 Å². The number of hydrogen-bond acceptors (Lipinski definition) is 4. The molecule has 5 nitrogen and oxygen atoms in total. The van der Waals surface area contributed by atoms with Crippen molar-refractivity contribution in [2.75, 3.05) is 14.2 Å². The Bertz CT molecular complexity index is 638.